The van der Waals surface area contributed by atoms with Gasteiger partial charge >= 0.3 is 0 Å². The summed E-state index contributed by atoms with van der Waals surface area (Å²) < 4.78 is 0.405. The molecule has 0 radical (unpaired) electrons. The summed E-state index contributed by atoms with van der Waals surface area (Å²) in [6, 6.07) is 12.8. The Morgan fingerprint density at radius 3 is 2.44 bits per heavy atom. The first-order valence-electron chi connectivity index (χ1n) is 5.28. The van der Waals surface area contributed by atoms with Crippen LogP contribution >= 0.6 is 15.9 Å². The van der Waals surface area contributed by atoms with Crippen LogP contribution in [0.3, 0.4) is 0 Å². The Kier molecular flexibility index (Phi) is 3.57. The van der Waals surface area contributed by atoms with Crippen LogP contribution in [0.5, 0.6) is 0 Å². The molecule has 0 saturated heterocycles. The van der Waals surface area contributed by atoms with E-state index in [4.69, 9.17) is 11.0 Å². The van der Waals surface area contributed by atoms with E-state index >= 15 is 0 Å². The minimum Gasteiger partial charge on any atom is -0.322 e. The van der Waals surface area contributed by atoms with Crippen molar-refractivity contribution in [3.8, 4) is 12.1 Å². The van der Waals surface area contributed by atoms with Crippen LogP contribution < -0.4 is 5.73 Å². The maximum absolute atomic E-state index is 9.23. The Balaban J connectivity index is 2.57. The van der Waals surface area contributed by atoms with Crippen molar-refractivity contribution in [2.45, 2.75) is 6.04 Å². The lowest BCUT2D eigenvalue weighted by Gasteiger charge is -2.23. The molecule has 1 aromatic rings. The predicted molar refractivity (Wildman–Crippen MR) is 71.6 cm³/mol. The molecule has 1 aliphatic heterocycles. The summed E-state index contributed by atoms with van der Waals surface area (Å²) in [5, 5.41) is 18.2. The number of nitriles is 2. The molecule has 1 aromatic carbocycles. The lowest BCUT2D eigenvalue weighted by molar-refractivity contribution is 0.700. The molecule has 2 N–H and O–H groups in total. The van der Waals surface area contributed by atoms with Crippen molar-refractivity contribution in [3.63, 3.8) is 0 Å². The summed E-state index contributed by atoms with van der Waals surface area (Å²) in [6.45, 7) is 0. The highest BCUT2D eigenvalue weighted by Gasteiger charge is 2.32. The summed E-state index contributed by atoms with van der Waals surface area (Å²) >= 11 is 3.23. The van der Waals surface area contributed by atoms with Gasteiger partial charge in [0.1, 0.15) is 10.5 Å². The van der Waals surface area contributed by atoms with Gasteiger partial charge < -0.3 is 5.73 Å². The molecule has 88 valence electrons. The standard InChI is InChI=1S/C13H9BrN4/c14-13-10(7-16)11(17)9(6-15)12(18-13)8-4-2-1-3-5-8/h1-5,9,11H,17H2/t9-,11+/m1/s1. The monoisotopic (exact) mass is 300 g/mol. The van der Waals surface area contributed by atoms with Gasteiger partial charge in [-0.15, -0.1) is 0 Å². The third kappa shape index (κ3) is 2.06. The molecule has 18 heavy (non-hydrogen) atoms. The van der Waals surface area contributed by atoms with Crippen molar-refractivity contribution >= 4 is 21.6 Å². The van der Waals surface area contributed by atoms with E-state index in [9.17, 15) is 5.26 Å². The van der Waals surface area contributed by atoms with Gasteiger partial charge in [-0.2, -0.15) is 10.5 Å². The molecule has 0 saturated carbocycles. The van der Waals surface area contributed by atoms with Gasteiger partial charge in [0.05, 0.1) is 29.5 Å². The fourth-order valence-corrected chi connectivity index (χ4v) is 2.37. The average Bonchev–Trinajstić information content (AvgIpc) is 2.39. The van der Waals surface area contributed by atoms with E-state index in [-0.39, 0.29) is 0 Å². The molecule has 5 heteroatoms. The molecule has 1 aliphatic rings. The highest BCUT2D eigenvalue weighted by Crippen LogP contribution is 2.28. The van der Waals surface area contributed by atoms with Crippen LogP contribution in [-0.4, -0.2) is 11.8 Å². The number of benzene rings is 1. The smallest absolute Gasteiger partial charge is 0.121 e. The Labute approximate surface area is 113 Å². The minimum atomic E-state index is -0.651. The number of rotatable bonds is 1. The van der Waals surface area contributed by atoms with Crippen molar-refractivity contribution in [2.24, 2.45) is 16.6 Å². The first-order valence-corrected chi connectivity index (χ1v) is 6.07. The molecule has 2 rings (SSSR count). The van der Waals surface area contributed by atoms with E-state index in [1.54, 1.807) is 0 Å². The van der Waals surface area contributed by atoms with Crippen LogP contribution in [0.25, 0.3) is 0 Å². The minimum absolute atomic E-state index is 0.307. The second kappa shape index (κ2) is 5.14. The van der Waals surface area contributed by atoms with Gasteiger partial charge in [-0.05, 0) is 21.5 Å². The van der Waals surface area contributed by atoms with E-state index in [2.05, 4.69) is 27.0 Å². The van der Waals surface area contributed by atoms with Gasteiger partial charge in [-0.3, -0.25) is 0 Å². The third-order valence-electron chi connectivity index (χ3n) is 2.76. The first-order chi connectivity index (χ1) is 8.69. The molecule has 0 amide bonds. The zero-order valence-corrected chi connectivity index (χ0v) is 10.9. The van der Waals surface area contributed by atoms with E-state index in [1.165, 1.54) is 0 Å². The van der Waals surface area contributed by atoms with Crippen LogP contribution in [0.1, 0.15) is 5.56 Å². The summed E-state index contributed by atoms with van der Waals surface area (Å²) in [6.07, 6.45) is 0. The predicted octanol–water partition coefficient (Wildman–Crippen LogP) is 2.09. The van der Waals surface area contributed by atoms with Gasteiger partial charge in [-0.25, -0.2) is 4.99 Å². The summed E-state index contributed by atoms with van der Waals surface area (Å²) in [7, 11) is 0. The first kappa shape index (κ1) is 12.5. The fourth-order valence-electron chi connectivity index (χ4n) is 1.82. The van der Waals surface area contributed by atoms with Crippen LogP contribution in [-0.2, 0) is 0 Å². The van der Waals surface area contributed by atoms with Crippen molar-refractivity contribution in [3.05, 3.63) is 46.1 Å². The van der Waals surface area contributed by atoms with Crippen molar-refractivity contribution < 1.29 is 0 Å². The summed E-state index contributed by atoms with van der Waals surface area (Å²) in [5.41, 5.74) is 7.69. The van der Waals surface area contributed by atoms with Crippen LogP contribution in [0.2, 0.25) is 0 Å². The van der Waals surface area contributed by atoms with Crippen LogP contribution in [0, 0.1) is 28.6 Å². The van der Waals surface area contributed by atoms with E-state index < -0.39 is 12.0 Å². The molecule has 1 heterocycles. The highest BCUT2D eigenvalue weighted by molar-refractivity contribution is 9.11. The van der Waals surface area contributed by atoms with E-state index in [0.717, 1.165) is 5.56 Å². The second-order valence-electron chi connectivity index (χ2n) is 3.81. The van der Waals surface area contributed by atoms with Crippen LogP contribution in [0.15, 0.2) is 45.5 Å². The summed E-state index contributed by atoms with van der Waals surface area (Å²) in [5.74, 6) is -0.608. The topological polar surface area (TPSA) is 86.0 Å². The molecule has 0 aliphatic carbocycles. The maximum Gasteiger partial charge on any atom is 0.121 e. The molecule has 0 bridgehead atoms. The molecular formula is C13H9BrN4. The molecule has 4 nitrogen and oxygen atoms in total. The Hall–Kier alpha value is -1.95. The van der Waals surface area contributed by atoms with Crippen LogP contribution in [0.4, 0.5) is 0 Å². The van der Waals surface area contributed by atoms with Gasteiger partial charge in [0.15, 0.2) is 0 Å². The lowest BCUT2D eigenvalue weighted by Crippen LogP contribution is -2.39. The Morgan fingerprint density at radius 1 is 1.22 bits per heavy atom. The Bertz CT molecular complexity index is 604. The molecule has 2 atom stereocenters. The molecular weight excluding hydrogens is 292 g/mol. The average molecular weight is 301 g/mol. The fraction of sp³-hybridized carbons (Fsp3) is 0.154. The van der Waals surface area contributed by atoms with Gasteiger partial charge in [0.2, 0.25) is 0 Å². The van der Waals surface area contributed by atoms with E-state index in [0.29, 0.717) is 15.9 Å². The van der Waals surface area contributed by atoms with Crippen molar-refractivity contribution in [1.82, 2.24) is 0 Å². The van der Waals surface area contributed by atoms with E-state index in [1.807, 2.05) is 36.4 Å². The summed E-state index contributed by atoms with van der Waals surface area (Å²) in [4.78, 5) is 4.30. The number of halogens is 1. The molecule has 0 fully saturated rings. The number of nitrogens with two attached hydrogens (primary N) is 1. The third-order valence-corrected chi connectivity index (χ3v) is 3.36. The zero-order valence-electron chi connectivity index (χ0n) is 9.34. The SMILES string of the molecule is N#CC1=C(Br)N=C(c2ccccc2)[C@H](C#N)[C@@H]1N. The Morgan fingerprint density at radius 2 is 1.89 bits per heavy atom. The number of hydrogen-bond acceptors (Lipinski definition) is 4. The maximum atomic E-state index is 9.23. The zero-order chi connectivity index (χ0) is 13.1. The quantitative estimate of drug-likeness (QED) is 0.806. The lowest BCUT2D eigenvalue weighted by atomic mass is 9.86. The highest BCUT2D eigenvalue weighted by atomic mass is 79.9. The van der Waals surface area contributed by atoms with Gasteiger partial charge in [0.25, 0.3) is 0 Å². The van der Waals surface area contributed by atoms with Gasteiger partial charge in [-0.1, -0.05) is 30.3 Å². The number of hydrogen-bond donors (Lipinski definition) is 1. The number of nitrogens with zero attached hydrogens (tertiary/aromatic N) is 3. The van der Waals surface area contributed by atoms with Crippen molar-refractivity contribution in [1.29, 1.82) is 10.5 Å². The van der Waals surface area contributed by atoms with Crippen molar-refractivity contribution in [2.75, 3.05) is 0 Å². The van der Waals surface area contributed by atoms with Gasteiger partial charge in [0, 0.05) is 0 Å². The molecule has 0 aromatic heterocycles. The molecule has 0 unspecified atom stereocenters. The second-order valence-corrected chi connectivity index (χ2v) is 4.56. The normalized spacial score (nSPS) is 23.0. The number of aliphatic imine (C=N–C) groups is 1. The largest absolute Gasteiger partial charge is 0.322 e. The molecule has 0 spiro atoms.